The molecule has 0 unspecified atom stereocenters. The van der Waals surface area contributed by atoms with Crippen LogP contribution in [0.2, 0.25) is 0 Å². The number of aromatic nitrogens is 3. The van der Waals surface area contributed by atoms with Crippen LogP contribution in [0.1, 0.15) is 38.5 Å². The van der Waals surface area contributed by atoms with Crippen molar-refractivity contribution >= 4 is 11.9 Å². The molecule has 0 atom stereocenters. The number of carboxylic acids is 1. The van der Waals surface area contributed by atoms with Gasteiger partial charge in [-0.05, 0) is 12.8 Å². The first-order chi connectivity index (χ1) is 9.18. The zero-order valence-corrected chi connectivity index (χ0v) is 10.9. The number of nitrogens with one attached hydrogen (secondary N) is 1. The van der Waals surface area contributed by atoms with Gasteiger partial charge in [0, 0.05) is 25.6 Å². The molecule has 0 aliphatic heterocycles. The second kappa shape index (κ2) is 9.07. The van der Waals surface area contributed by atoms with E-state index in [9.17, 15) is 9.59 Å². The van der Waals surface area contributed by atoms with Gasteiger partial charge in [-0.15, -0.1) is 5.10 Å². The van der Waals surface area contributed by atoms with E-state index in [4.69, 9.17) is 5.11 Å². The highest BCUT2D eigenvalue weighted by Gasteiger charge is 2.01. The Morgan fingerprint density at radius 2 is 1.95 bits per heavy atom. The summed E-state index contributed by atoms with van der Waals surface area (Å²) in [5.41, 5.74) is 0. The Morgan fingerprint density at radius 3 is 2.63 bits per heavy atom. The van der Waals surface area contributed by atoms with Crippen LogP contribution in [-0.2, 0) is 16.1 Å². The average Bonchev–Trinajstić information content (AvgIpc) is 2.88. The van der Waals surface area contributed by atoms with Gasteiger partial charge >= 0.3 is 5.97 Å². The van der Waals surface area contributed by atoms with E-state index in [1.54, 1.807) is 17.1 Å². The van der Waals surface area contributed by atoms with E-state index in [0.717, 1.165) is 19.3 Å². The maximum Gasteiger partial charge on any atom is 0.303 e. The Morgan fingerprint density at radius 1 is 1.16 bits per heavy atom. The van der Waals surface area contributed by atoms with E-state index in [0.29, 0.717) is 25.9 Å². The van der Waals surface area contributed by atoms with Gasteiger partial charge in [-0.1, -0.05) is 18.1 Å². The Kier molecular flexibility index (Phi) is 7.23. The third kappa shape index (κ3) is 7.91. The summed E-state index contributed by atoms with van der Waals surface area (Å²) >= 11 is 0. The first-order valence-corrected chi connectivity index (χ1v) is 6.51. The van der Waals surface area contributed by atoms with E-state index in [-0.39, 0.29) is 12.3 Å². The molecule has 106 valence electrons. The standard InChI is InChI=1S/C12H20N4O3/c17-11(6-9-16-10-8-14-15-16)13-7-4-2-1-3-5-12(18)19/h8,10H,1-7,9H2,(H,13,17)(H,18,19). The van der Waals surface area contributed by atoms with E-state index in [2.05, 4.69) is 15.6 Å². The fourth-order valence-electron chi connectivity index (χ4n) is 1.64. The Bertz CT molecular complexity index is 378. The normalized spacial score (nSPS) is 10.3. The summed E-state index contributed by atoms with van der Waals surface area (Å²) in [6.07, 6.45) is 7.33. The van der Waals surface area contributed by atoms with Crippen LogP contribution in [0.25, 0.3) is 0 Å². The molecule has 7 nitrogen and oxygen atoms in total. The van der Waals surface area contributed by atoms with Crippen molar-refractivity contribution < 1.29 is 14.7 Å². The highest BCUT2D eigenvalue weighted by Crippen LogP contribution is 2.02. The summed E-state index contributed by atoms with van der Waals surface area (Å²) < 4.78 is 1.62. The molecule has 0 saturated carbocycles. The molecular formula is C12H20N4O3. The van der Waals surface area contributed by atoms with Gasteiger partial charge in [-0.3, -0.25) is 14.3 Å². The van der Waals surface area contributed by atoms with Crippen molar-refractivity contribution in [2.24, 2.45) is 0 Å². The molecule has 1 rings (SSSR count). The van der Waals surface area contributed by atoms with Crippen LogP contribution in [0, 0.1) is 0 Å². The number of unbranched alkanes of at least 4 members (excludes halogenated alkanes) is 3. The molecule has 0 spiro atoms. The first kappa shape index (κ1) is 15.1. The van der Waals surface area contributed by atoms with E-state index in [1.165, 1.54) is 0 Å². The summed E-state index contributed by atoms with van der Waals surface area (Å²) in [5.74, 6) is -0.748. The number of aryl methyl sites for hydroxylation is 1. The number of nitrogens with zero attached hydrogens (tertiary/aromatic N) is 3. The van der Waals surface area contributed by atoms with Crippen molar-refractivity contribution in [1.29, 1.82) is 0 Å². The topological polar surface area (TPSA) is 97.1 Å². The van der Waals surface area contributed by atoms with Crippen LogP contribution < -0.4 is 5.32 Å². The van der Waals surface area contributed by atoms with Gasteiger partial charge in [0.1, 0.15) is 0 Å². The SMILES string of the molecule is O=C(O)CCCCCCNC(=O)CCn1ccnn1. The molecule has 0 aromatic carbocycles. The predicted molar refractivity (Wildman–Crippen MR) is 68.4 cm³/mol. The zero-order valence-electron chi connectivity index (χ0n) is 10.9. The van der Waals surface area contributed by atoms with Crippen LogP contribution in [0.15, 0.2) is 12.4 Å². The second-order valence-electron chi connectivity index (χ2n) is 4.32. The van der Waals surface area contributed by atoms with Crippen LogP contribution in [0.4, 0.5) is 0 Å². The third-order valence-corrected chi connectivity index (χ3v) is 2.68. The highest BCUT2D eigenvalue weighted by molar-refractivity contribution is 5.75. The lowest BCUT2D eigenvalue weighted by Crippen LogP contribution is -2.25. The quantitative estimate of drug-likeness (QED) is 0.612. The lowest BCUT2D eigenvalue weighted by Gasteiger charge is -2.05. The molecule has 0 bridgehead atoms. The van der Waals surface area contributed by atoms with Crippen molar-refractivity contribution in [3.63, 3.8) is 0 Å². The molecule has 1 heterocycles. The van der Waals surface area contributed by atoms with Gasteiger partial charge < -0.3 is 10.4 Å². The molecular weight excluding hydrogens is 248 g/mol. The fourth-order valence-corrected chi connectivity index (χ4v) is 1.64. The van der Waals surface area contributed by atoms with Gasteiger partial charge in [-0.2, -0.15) is 0 Å². The van der Waals surface area contributed by atoms with E-state index >= 15 is 0 Å². The number of carbonyl (C=O) groups is 2. The Labute approximate surface area is 112 Å². The van der Waals surface area contributed by atoms with Gasteiger partial charge in [0.25, 0.3) is 0 Å². The minimum Gasteiger partial charge on any atom is -0.481 e. The number of hydrogen-bond acceptors (Lipinski definition) is 4. The van der Waals surface area contributed by atoms with Crippen molar-refractivity contribution in [2.45, 2.75) is 45.1 Å². The fraction of sp³-hybridized carbons (Fsp3) is 0.667. The smallest absolute Gasteiger partial charge is 0.303 e. The average molecular weight is 268 g/mol. The largest absolute Gasteiger partial charge is 0.481 e. The van der Waals surface area contributed by atoms with Crippen LogP contribution >= 0.6 is 0 Å². The summed E-state index contributed by atoms with van der Waals surface area (Å²) in [7, 11) is 0. The van der Waals surface area contributed by atoms with Gasteiger partial charge in [-0.25, -0.2) is 0 Å². The van der Waals surface area contributed by atoms with E-state index in [1.807, 2.05) is 0 Å². The maximum absolute atomic E-state index is 11.5. The van der Waals surface area contributed by atoms with Crippen molar-refractivity contribution in [2.75, 3.05) is 6.54 Å². The molecule has 7 heteroatoms. The molecule has 0 aliphatic rings. The first-order valence-electron chi connectivity index (χ1n) is 6.51. The molecule has 1 aromatic rings. The maximum atomic E-state index is 11.5. The molecule has 1 aromatic heterocycles. The minimum absolute atomic E-state index is 0.000959. The van der Waals surface area contributed by atoms with Crippen molar-refractivity contribution in [1.82, 2.24) is 20.3 Å². The molecule has 0 fully saturated rings. The van der Waals surface area contributed by atoms with Crippen LogP contribution in [0.3, 0.4) is 0 Å². The van der Waals surface area contributed by atoms with Crippen LogP contribution in [0.5, 0.6) is 0 Å². The van der Waals surface area contributed by atoms with Crippen molar-refractivity contribution in [3.8, 4) is 0 Å². The second-order valence-corrected chi connectivity index (χ2v) is 4.32. The zero-order chi connectivity index (χ0) is 13.9. The molecule has 1 amide bonds. The van der Waals surface area contributed by atoms with Crippen molar-refractivity contribution in [3.05, 3.63) is 12.4 Å². The summed E-state index contributed by atoms with van der Waals surface area (Å²) in [4.78, 5) is 21.7. The van der Waals surface area contributed by atoms with Crippen LogP contribution in [-0.4, -0.2) is 38.5 Å². The summed E-state index contributed by atoms with van der Waals surface area (Å²) in [6, 6.07) is 0. The molecule has 0 aliphatic carbocycles. The van der Waals surface area contributed by atoms with Gasteiger partial charge in [0.15, 0.2) is 0 Å². The molecule has 0 radical (unpaired) electrons. The molecule has 19 heavy (non-hydrogen) atoms. The molecule has 2 N–H and O–H groups in total. The molecule has 0 saturated heterocycles. The summed E-state index contributed by atoms with van der Waals surface area (Å²) in [5, 5.41) is 18.7. The monoisotopic (exact) mass is 268 g/mol. The number of carboxylic acid groups (broad SMARTS) is 1. The number of amides is 1. The van der Waals surface area contributed by atoms with Gasteiger partial charge in [0.05, 0.1) is 12.7 Å². The highest BCUT2D eigenvalue weighted by atomic mass is 16.4. The Hall–Kier alpha value is -1.92. The number of carbonyl (C=O) groups excluding carboxylic acids is 1. The number of rotatable bonds is 10. The number of hydrogen-bond donors (Lipinski definition) is 2. The lowest BCUT2D eigenvalue weighted by atomic mass is 10.1. The minimum atomic E-state index is -0.749. The summed E-state index contributed by atoms with van der Waals surface area (Å²) in [6.45, 7) is 1.17. The van der Waals surface area contributed by atoms with Gasteiger partial charge in [0.2, 0.25) is 5.91 Å². The predicted octanol–water partition coefficient (Wildman–Crippen LogP) is 0.819. The lowest BCUT2D eigenvalue weighted by molar-refractivity contribution is -0.137. The van der Waals surface area contributed by atoms with E-state index < -0.39 is 5.97 Å². The Balaban J connectivity index is 1.91. The third-order valence-electron chi connectivity index (χ3n) is 2.68. The number of aliphatic carboxylic acids is 1.